The van der Waals surface area contributed by atoms with E-state index in [-0.39, 0.29) is 0 Å². The van der Waals surface area contributed by atoms with Crippen molar-refractivity contribution >= 4 is 22.4 Å². The van der Waals surface area contributed by atoms with Crippen molar-refractivity contribution in [2.45, 2.75) is 6.92 Å². The number of nitrogens with zero attached hydrogens (tertiary/aromatic N) is 1. The topological polar surface area (TPSA) is 64.9 Å². The lowest BCUT2D eigenvalue weighted by Gasteiger charge is -2.02. The van der Waals surface area contributed by atoms with E-state index >= 15 is 0 Å². The van der Waals surface area contributed by atoms with E-state index in [0.29, 0.717) is 5.82 Å². The lowest BCUT2D eigenvalue weighted by molar-refractivity contribution is 1.34. The highest BCUT2D eigenvalue weighted by molar-refractivity contribution is 5.84. The van der Waals surface area contributed by atoms with Crippen molar-refractivity contribution in [3.8, 4) is 0 Å². The highest BCUT2D eigenvalue weighted by atomic mass is 14.8. The molecule has 0 amide bonds. The number of aryl methyl sites for hydroxylation is 1. The van der Waals surface area contributed by atoms with Gasteiger partial charge in [-0.3, -0.25) is 0 Å². The quantitative estimate of drug-likeness (QED) is 0.596. The Morgan fingerprint density at radius 1 is 1.15 bits per heavy atom. The monoisotopic (exact) mass is 173 g/mol. The Morgan fingerprint density at radius 3 is 2.69 bits per heavy atom. The van der Waals surface area contributed by atoms with Crippen LogP contribution in [0.2, 0.25) is 0 Å². The van der Waals surface area contributed by atoms with Gasteiger partial charge in [-0.1, -0.05) is 0 Å². The molecule has 0 saturated carbocycles. The second-order valence-electron chi connectivity index (χ2n) is 3.14. The Bertz CT molecular complexity index is 463. The van der Waals surface area contributed by atoms with E-state index in [1.807, 2.05) is 31.2 Å². The van der Waals surface area contributed by atoms with Crippen molar-refractivity contribution in [2.75, 3.05) is 11.5 Å². The summed E-state index contributed by atoms with van der Waals surface area (Å²) >= 11 is 0. The van der Waals surface area contributed by atoms with Crippen LogP contribution in [0.3, 0.4) is 0 Å². The summed E-state index contributed by atoms with van der Waals surface area (Å²) in [7, 11) is 0. The van der Waals surface area contributed by atoms with Crippen LogP contribution in [-0.4, -0.2) is 4.98 Å². The van der Waals surface area contributed by atoms with E-state index in [4.69, 9.17) is 11.5 Å². The van der Waals surface area contributed by atoms with Crippen LogP contribution in [0.5, 0.6) is 0 Å². The van der Waals surface area contributed by atoms with Crippen LogP contribution in [0.4, 0.5) is 11.5 Å². The molecule has 0 radical (unpaired) electrons. The number of nitrogen functional groups attached to an aromatic ring is 2. The zero-order valence-electron chi connectivity index (χ0n) is 7.41. The number of aromatic nitrogens is 1. The van der Waals surface area contributed by atoms with E-state index in [2.05, 4.69) is 4.98 Å². The Hall–Kier alpha value is -1.77. The fraction of sp³-hybridized carbons (Fsp3) is 0.100. The van der Waals surface area contributed by atoms with Crippen molar-refractivity contribution in [1.82, 2.24) is 4.98 Å². The fourth-order valence-corrected chi connectivity index (χ4v) is 1.32. The smallest absolute Gasteiger partial charge is 0.127 e. The molecule has 0 bridgehead atoms. The standard InChI is InChI=1S/C10H11N3/c1-6-4-7-5-8(11)2-3-9(7)13-10(6)12/h2-5H,11H2,1H3,(H2,12,13). The van der Waals surface area contributed by atoms with Crippen LogP contribution in [-0.2, 0) is 0 Å². The lowest BCUT2D eigenvalue weighted by Crippen LogP contribution is -1.94. The Kier molecular flexibility index (Phi) is 1.59. The van der Waals surface area contributed by atoms with E-state index < -0.39 is 0 Å². The molecule has 3 heteroatoms. The number of hydrogen-bond acceptors (Lipinski definition) is 3. The normalized spacial score (nSPS) is 10.5. The zero-order chi connectivity index (χ0) is 9.42. The maximum absolute atomic E-state index is 5.68. The molecule has 2 aromatic rings. The summed E-state index contributed by atoms with van der Waals surface area (Å²) in [6.07, 6.45) is 0. The van der Waals surface area contributed by atoms with E-state index in [0.717, 1.165) is 22.2 Å². The van der Waals surface area contributed by atoms with Gasteiger partial charge in [-0.25, -0.2) is 4.98 Å². The number of nitrogens with two attached hydrogens (primary N) is 2. The molecule has 66 valence electrons. The van der Waals surface area contributed by atoms with Crippen molar-refractivity contribution in [3.05, 3.63) is 29.8 Å². The van der Waals surface area contributed by atoms with Gasteiger partial charge in [0.1, 0.15) is 5.82 Å². The van der Waals surface area contributed by atoms with Gasteiger partial charge < -0.3 is 11.5 Å². The highest BCUT2D eigenvalue weighted by Gasteiger charge is 1.99. The Labute approximate surface area is 76.4 Å². The van der Waals surface area contributed by atoms with Gasteiger partial charge in [-0.2, -0.15) is 0 Å². The van der Waals surface area contributed by atoms with Crippen LogP contribution >= 0.6 is 0 Å². The molecule has 1 aromatic carbocycles. The van der Waals surface area contributed by atoms with Crippen molar-refractivity contribution in [2.24, 2.45) is 0 Å². The molecule has 0 saturated heterocycles. The molecule has 13 heavy (non-hydrogen) atoms. The first kappa shape index (κ1) is 7.86. The molecule has 0 fully saturated rings. The third kappa shape index (κ3) is 1.28. The van der Waals surface area contributed by atoms with Crippen LogP contribution < -0.4 is 11.5 Å². The van der Waals surface area contributed by atoms with Gasteiger partial charge in [-0.05, 0) is 36.8 Å². The SMILES string of the molecule is Cc1cc2cc(N)ccc2nc1N. The second-order valence-corrected chi connectivity index (χ2v) is 3.14. The van der Waals surface area contributed by atoms with E-state index in [1.165, 1.54) is 0 Å². The van der Waals surface area contributed by atoms with Crippen LogP contribution in [0.15, 0.2) is 24.3 Å². The first-order valence-electron chi connectivity index (χ1n) is 4.09. The summed E-state index contributed by atoms with van der Waals surface area (Å²) in [5.74, 6) is 0.581. The van der Waals surface area contributed by atoms with Crippen molar-refractivity contribution in [3.63, 3.8) is 0 Å². The molecular weight excluding hydrogens is 162 g/mol. The molecular formula is C10H11N3. The molecule has 0 spiro atoms. The van der Waals surface area contributed by atoms with Crippen LogP contribution in [0.25, 0.3) is 10.9 Å². The van der Waals surface area contributed by atoms with Gasteiger partial charge in [0.2, 0.25) is 0 Å². The minimum Gasteiger partial charge on any atom is -0.399 e. The number of anilines is 2. The summed E-state index contributed by atoms with van der Waals surface area (Å²) in [6.45, 7) is 1.94. The number of rotatable bonds is 0. The predicted octanol–water partition coefficient (Wildman–Crippen LogP) is 1.71. The summed E-state index contributed by atoms with van der Waals surface area (Å²) in [5.41, 5.74) is 14.0. The zero-order valence-corrected chi connectivity index (χ0v) is 7.41. The first-order valence-corrected chi connectivity index (χ1v) is 4.09. The Morgan fingerprint density at radius 2 is 1.92 bits per heavy atom. The van der Waals surface area contributed by atoms with Crippen molar-refractivity contribution in [1.29, 1.82) is 0 Å². The lowest BCUT2D eigenvalue weighted by atomic mass is 10.1. The van der Waals surface area contributed by atoms with Gasteiger partial charge in [0.25, 0.3) is 0 Å². The predicted molar refractivity (Wildman–Crippen MR) is 55.3 cm³/mol. The maximum Gasteiger partial charge on any atom is 0.127 e. The van der Waals surface area contributed by atoms with E-state index in [1.54, 1.807) is 0 Å². The summed E-state index contributed by atoms with van der Waals surface area (Å²) in [6, 6.07) is 7.59. The minimum atomic E-state index is 0.581. The number of benzene rings is 1. The highest BCUT2D eigenvalue weighted by Crippen LogP contribution is 2.19. The van der Waals surface area contributed by atoms with Crippen LogP contribution in [0, 0.1) is 6.92 Å². The number of fused-ring (bicyclic) bond motifs is 1. The summed E-state index contributed by atoms with van der Waals surface area (Å²) in [5, 5.41) is 1.03. The largest absolute Gasteiger partial charge is 0.399 e. The second kappa shape index (κ2) is 2.62. The molecule has 2 rings (SSSR count). The third-order valence-corrected chi connectivity index (χ3v) is 2.07. The minimum absolute atomic E-state index is 0.581. The van der Waals surface area contributed by atoms with Gasteiger partial charge in [0.05, 0.1) is 5.52 Å². The molecule has 0 atom stereocenters. The van der Waals surface area contributed by atoms with Gasteiger partial charge >= 0.3 is 0 Å². The van der Waals surface area contributed by atoms with Crippen molar-refractivity contribution < 1.29 is 0 Å². The third-order valence-electron chi connectivity index (χ3n) is 2.07. The molecule has 0 aliphatic heterocycles. The van der Waals surface area contributed by atoms with E-state index in [9.17, 15) is 0 Å². The molecule has 0 unspecified atom stereocenters. The molecule has 0 aliphatic carbocycles. The molecule has 0 aliphatic rings. The average molecular weight is 173 g/mol. The molecule has 4 N–H and O–H groups in total. The molecule has 1 aromatic heterocycles. The maximum atomic E-state index is 5.68. The van der Waals surface area contributed by atoms with Crippen LogP contribution in [0.1, 0.15) is 5.56 Å². The average Bonchev–Trinajstić information content (AvgIpc) is 2.08. The van der Waals surface area contributed by atoms with Gasteiger partial charge in [-0.15, -0.1) is 0 Å². The first-order chi connectivity index (χ1) is 6.16. The molecule has 3 nitrogen and oxygen atoms in total. The van der Waals surface area contributed by atoms with Gasteiger partial charge in [0, 0.05) is 11.1 Å². The number of pyridine rings is 1. The summed E-state index contributed by atoms with van der Waals surface area (Å²) < 4.78 is 0. The molecule has 1 heterocycles. The Balaban J connectivity index is 2.81. The number of hydrogen-bond donors (Lipinski definition) is 2. The van der Waals surface area contributed by atoms with Gasteiger partial charge in [0.15, 0.2) is 0 Å². The fourth-order valence-electron chi connectivity index (χ4n) is 1.32. The summed E-state index contributed by atoms with van der Waals surface area (Å²) in [4.78, 5) is 4.24.